The molecule has 2 aliphatic heterocycles. The molecule has 0 unspecified atom stereocenters. The fourth-order valence-corrected chi connectivity index (χ4v) is 6.43. The quantitative estimate of drug-likeness (QED) is 0.169. The van der Waals surface area contributed by atoms with Crippen molar-refractivity contribution in [2.24, 2.45) is 0 Å². The van der Waals surface area contributed by atoms with Crippen LogP contribution in [0.25, 0.3) is 21.5 Å². The van der Waals surface area contributed by atoms with Gasteiger partial charge in [-0.2, -0.15) is 0 Å². The summed E-state index contributed by atoms with van der Waals surface area (Å²) in [4.78, 5) is 25.6. The van der Waals surface area contributed by atoms with Crippen LogP contribution in [0.3, 0.4) is 0 Å². The van der Waals surface area contributed by atoms with Crippen LogP contribution in [0.1, 0.15) is 48.4 Å². The van der Waals surface area contributed by atoms with Crippen LogP contribution >= 0.6 is 0 Å². The Kier molecular flexibility index (Phi) is 9.82. The summed E-state index contributed by atoms with van der Waals surface area (Å²) in [6, 6.07) is 18.1. The lowest BCUT2D eigenvalue weighted by Gasteiger charge is -2.26. The molecule has 0 saturated carbocycles. The summed E-state index contributed by atoms with van der Waals surface area (Å²) in [5, 5.41) is 3.28. The molecule has 4 atom stereocenters. The molecule has 12 nitrogen and oxygen atoms in total. The topological polar surface area (TPSA) is 126 Å². The number of hydrogen-bond donors (Lipinski definition) is 0. The summed E-state index contributed by atoms with van der Waals surface area (Å²) in [7, 11) is 5.80. The van der Waals surface area contributed by atoms with Gasteiger partial charge in [0.1, 0.15) is 71.8 Å². The second-order valence-corrected chi connectivity index (χ2v) is 13.0. The number of carbonyl (C=O) groups is 2. The van der Waals surface area contributed by atoms with Crippen molar-refractivity contribution in [3.8, 4) is 23.0 Å². The van der Waals surface area contributed by atoms with E-state index in [1.54, 1.807) is 38.5 Å². The number of fused-ring (bicyclic) bond motifs is 2. The molecule has 50 heavy (non-hydrogen) atoms. The van der Waals surface area contributed by atoms with Crippen LogP contribution in [0.4, 0.5) is 0 Å². The van der Waals surface area contributed by atoms with Gasteiger partial charge in [0.15, 0.2) is 11.6 Å². The third-order valence-corrected chi connectivity index (χ3v) is 8.68. The largest absolute Gasteiger partial charge is 0.497 e. The number of ether oxygens (including phenoxy) is 10. The van der Waals surface area contributed by atoms with Crippen molar-refractivity contribution in [2.75, 3.05) is 41.7 Å². The molecule has 0 aliphatic carbocycles. The molecule has 0 bridgehead atoms. The van der Waals surface area contributed by atoms with Crippen LogP contribution < -0.4 is 18.9 Å². The van der Waals surface area contributed by atoms with E-state index in [-0.39, 0.29) is 24.3 Å². The maximum atomic E-state index is 12.8. The third kappa shape index (κ3) is 7.29. The van der Waals surface area contributed by atoms with Crippen molar-refractivity contribution >= 4 is 33.5 Å². The average Bonchev–Trinajstić information content (AvgIpc) is 3.60. The molecule has 0 N–H and O–H groups in total. The molecular weight excluding hydrogens is 648 g/mol. The van der Waals surface area contributed by atoms with Gasteiger partial charge in [-0.05, 0) is 97.8 Å². The van der Waals surface area contributed by atoms with Crippen LogP contribution in [0, 0.1) is 0 Å². The van der Waals surface area contributed by atoms with Gasteiger partial charge in [0.25, 0.3) is 0 Å². The van der Waals surface area contributed by atoms with Crippen LogP contribution in [-0.2, 0) is 28.4 Å². The van der Waals surface area contributed by atoms with E-state index in [4.69, 9.17) is 47.4 Å². The summed E-state index contributed by atoms with van der Waals surface area (Å²) in [5.41, 5.74) is 0.511. The summed E-state index contributed by atoms with van der Waals surface area (Å²) < 4.78 is 58.9. The minimum absolute atomic E-state index is 0.0221. The highest BCUT2D eigenvalue weighted by molar-refractivity contribution is 6.00. The van der Waals surface area contributed by atoms with Crippen LogP contribution in [0.5, 0.6) is 23.0 Å². The molecule has 4 aromatic rings. The Morgan fingerprint density at radius 2 is 0.960 bits per heavy atom. The molecule has 0 spiro atoms. The zero-order chi connectivity index (χ0) is 35.8. The summed E-state index contributed by atoms with van der Waals surface area (Å²) in [6.07, 6.45) is -2.58. The molecule has 0 radical (unpaired) electrons. The smallest absolute Gasteiger partial charge is 0.341 e. The fourth-order valence-electron chi connectivity index (χ4n) is 6.43. The van der Waals surface area contributed by atoms with Gasteiger partial charge in [-0.15, -0.1) is 0 Å². The predicted octanol–water partition coefficient (Wildman–Crippen LogP) is 6.08. The van der Waals surface area contributed by atoms with E-state index >= 15 is 0 Å². The molecule has 0 aromatic heterocycles. The highest BCUT2D eigenvalue weighted by Gasteiger charge is 2.54. The minimum Gasteiger partial charge on any atom is -0.497 e. The van der Waals surface area contributed by atoms with Crippen molar-refractivity contribution in [2.45, 2.75) is 63.7 Å². The molecule has 4 aromatic carbocycles. The first-order valence-electron chi connectivity index (χ1n) is 16.2. The first-order chi connectivity index (χ1) is 23.8. The Labute approximate surface area is 290 Å². The second-order valence-electron chi connectivity index (χ2n) is 13.0. The van der Waals surface area contributed by atoms with Gasteiger partial charge >= 0.3 is 11.9 Å². The molecule has 2 heterocycles. The standard InChI is InChI=1S/C38H42O12/c1-37(2)47-31(19-45-29-17-21-9-11-25(41-5)13-23(21)15-27(29)35(39)43-7)33(49-37)34-32(48-38(3,4)50-34)20-46-30-18-22-10-12-26(42-6)14-24(22)16-28(30)36(40)44-8/h9-18,31-34H,19-20H2,1-8H3/t31-,32+,33+,34-. The highest BCUT2D eigenvalue weighted by atomic mass is 16.8. The summed E-state index contributed by atoms with van der Waals surface area (Å²) >= 11 is 0. The molecule has 12 heteroatoms. The maximum Gasteiger partial charge on any atom is 0.341 e. The first kappa shape index (κ1) is 35.2. The number of hydrogen-bond acceptors (Lipinski definition) is 12. The summed E-state index contributed by atoms with van der Waals surface area (Å²) in [6.45, 7) is 7.28. The molecular formula is C38H42O12. The fraction of sp³-hybridized carbons (Fsp3) is 0.421. The molecule has 6 rings (SSSR count). The average molecular weight is 691 g/mol. The minimum atomic E-state index is -0.983. The molecule has 0 amide bonds. The van der Waals surface area contributed by atoms with E-state index in [0.717, 1.165) is 21.5 Å². The number of esters is 2. The third-order valence-electron chi connectivity index (χ3n) is 8.68. The lowest BCUT2D eigenvalue weighted by Crippen LogP contribution is -2.45. The Balaban J connectivity index is 1.25. The van der Waals surface area contributed by atoms with E-state index in [1.165, 1.54) is 14.2 Å². The second kappa shape index (κ2) is 13.9. The predicted molar refractivity (Wildman–Crippen MR) is 182 cm³/mol. The first-order valence-corrected chi connectivity index (χ1v) is 16.2. The Morgan fingerprint density at radius 3 is 1.32 bits per heavy atom. The van der Waals surface area contributed by atoms with Crippen molar-refractivity contribution in [1.29, 1.82) is 0 Å². The van der Waals surface area contributed by atoms with Crippen LogP contribution in [0.15, 0.2) is 60.7 Å². The van der Waals surface area contributed by atoms with Gasteiger partial charge in [-0.25, -0.2) is 9.59 Å². The van der Waals surface area contributed by atoms with Gasteiger partial charge in [0.2, 0.25) is 0 Å². The monoisotopic (exact) mass is 690 g/mol. The normalized spacial score (nSPS) is 22.3. The highest BCUT2D eigenvalue weighted by Crippen LogP contribution is 2.40. The van der Waals surface area contributed by atoms with Gasteiger partial charge in [0.05, 0.1) is 28.4 Å². The Bertz CT molecular complexity index is 1760. The van der Waals surface area contributed by atoms with E-state index in [9.17, 15) is 9.59 Å². The van der Waals surface area contributed by atoms with Gasteiger partial charge in [0, 0.05) is 0 Å². The zero-order valence-corrected chi connectivity index (χ0v) is 29.4. The van der Waals surface area contributed by atoms with Crippen molar-refractivity contribution in [1.82, 2.24) is 0 Å². The van der Waals surface area contributed by atoms with Crippen LogP contribution in [-0.4, -0.2) is 89.6 Å². The number of methoxy groups -OCH3 is 4. The van der Waals surface area contributed by atoms with E-state index in [2.05, 4.69) is 0 Å². The zero-order valence-electron chi connectivity index (χ0n) is 29.4. The number of benzene rings is 4. The molecule has 2 aliphatic rings. The SMILES string of the molecule is COC(=O)c1cc2cc(OC)ccc2cc1OC[C@@H]1OC(C)(C)O[C@H]1[C@H]1OC(C)(C)O[C@@H]1COc1cc2ccc(OC)cc2cc1C(=O)OC. The molecule has 266 valence electrons. The van der Waals surface area contributed by atoms with Crippen molar-refractivity contribution in [3.63, 3.8) is 0 Å². The number of carbonyl (C=O) groups excluding carboxylic acids is 2. The van der Waals surface area contributed by atoms with Gasteiger partial charge < -0.3 is 47.4 Å². The van der Waals surface area contributed by atoms with Crippen molar-refractivity contribution < 1.29 is 57.0 Å². The lowest BCUT2D eigenvalue weighted by molar-refractivity contribution is -0.175. The van der Waals surface area contributed by atoms with Crippen molar-refractivity contribution in [3.05, 3.63) is 71.8 Å². The van der Waals surface area contributed by atoms with E-state index < -0.39 is 47.9 Å². The lowest BCUT2D eigenvalue weighted by atomic mass is 10.0. The van der Waals surface area contributed by atoms with E-state index in [0.29, 0.717) is 23.0 Å². The maximum absolute atomic E-state index is 12.8. The van der Waals surface area contributed by atoms with Gasteiger partial charge in [-0.3, -0.25) is 0 Å². The van der Waals surface area contributed by atoms with E-state index in [1.807, 2.05) is 64.1 Å². The Morgan fingerprint density at radius 1 is 0.560 bits per heavy atom. The molecule has 2 fully saturated rings. The summed E-state index contributed by atoms with van der Waals surface area (Å²) in [5.74, 6) is -1.08. The van der Waals surface area contributed by atoms with Crippen LogP contribution in [0.2, 0.25) is 0 Å². The molecule has 2 saturated heterocycles. The van der Waals surface area contributed by atoms with Gasteiger partial charge in [-0.1, -0.05) is 12.1 Å². The number of rotatable bonds is 11. The Hall–Kier alpha value is -4.62.